The number of aliphatic hydroxyl groups excluding tert-OH is 1. The molecule has 2 rings (SSSR count). The number of carbonyl (C=O) groups excluding carboxylic acids is 1. The van der Waals surface area contributed by atoms with Crippen molar-refractivity contribution >= 4 is 5.91 Å². The van der Waals surface area contributed by atoms with Crippen LogP contribution in [0.3, 0.4) is 0 Å². The van der Waals surface area contributed by atoms with Gasteiger partial charge in [0.1, 0.15) is 17.6 Å². The van der Waals surface area contributed by atoms with Gasteiger partial charge < -0.3 is 24.3 Å². The first kappa shape index (κ1) is 15.9. The topological polar surface area (TPSA) is 80.9 Å². The molecule has 118 valence electrons. The lowest BCUT2D eigenvalue weighted by atomic mass is 10.2. The number of rotatable bonds is 6. The standard InChI is InChI=1S/C16H19NO5/c1-10-4-6-13(22-10)12(18)9-17-16(19)11-5-7-14(20-2)15(8-11)21-3/h4-8,12,18H,9H2,1-3H3,(H,17,19). The highest BCUT2D eigenvalue weighted by Crippen LogP contribution is 2.27. The van der Waals surface area contributed by atoms with Gasteiger partial charge in [-0.15, -0.1) is 0 Å². The average Bonchev–Trinajstić information content (AvgIpc) is 2.98. The van der Waals surface area contributed by atoms with Crippen molar-refractivity contribution in [1.29, 1.82) is 0 Å². The summed E-state index contributed by atoms with van der Waals surface area (Å²) in [6, 6.07) is 8.30. The van der Waals surface area contributed by atoms with E-state index < -0.39 is 6.10 Å². The number of ether oxygens (including phenoxy) is 2. The van der Waals surface area contributed by atoms with E-state index in [-0.39, 0.29) is 12.5 Å². The highest BCUT2D eigenvalue weighted by atomic mass is 16.5. The monoisotopic (exact) mass is 305 g/mol. The van der Waals surface area contributed by atoms with Crippen molar-refractivity contribution in [1.82, 2.24) is 5.32 Å². The van der Waals surface area contributed by atoms with Gasteiger partial charge in [0, 0.05) is 5.56 Å². The Morgan fingerprint density at radius 3 is 2.55 bits per heavy atom. The molecule has 0 aliphatic heterocycles. The third kappa shape index (κ3) is 3.59. The van der Waals surface area contributed by atoms with E-state index in [2.05, 4.69) is 5.32 Å². The van der Waals surface area contributed by atoms with Crippen LogP contribution in [0.2, 0.25) is 0 Å². The second-order valence-corrected chi connectivity index (χ2v) is 4.74. The first-order valence-electron chi connectivity index (χ1n) is 6.79. The summed E-state index contributed by atoms with van der Waals surface area (Å²) in [7, 11) is 3.03. The molecule has 0 bridgehead atoms. The van der Waals surface area contributed by atoms with Crippen LogP contribution in [0.15, 0.2) is 34.7 Å². The number of aryl methyl sites for hydroxylation is 1. The van der Waals surface area contributed by atoms with E-state index in [1.807, 2.05) is 0 Å². The highest BCUT2D eigenvalue weighted by Gasteiger charge is 2.15. The minimum Gasteiger partial charge on any atom is -0.493 e. The maximum atomic E-state index is 12.1. The zero-order chi connectivity index (χ0) is 16.1. The molecule has 2 aromatic rings. The SMILES string of the molecule is COc1ccc(C(=O)NCC(O)c2ccc(C)o2)cc1OC. The van der Waals surface area contributed by atoms with E-state index >= 15 is 0 Å². The second-order valence-electron chi connectivity index (χ2n) is 4.74. The summed E-state index contributed by atoms with van der Waals surface area (Å²) in [5, 5.41) is 12.6. The lowest BCUT2D eigenvalue weighted by molar-refractivity contribution is 0.0900. The Morgan fingerprint density at radius 2 is 1.95 bits per heavy atom. The van der Waals surface area contributed by atoms with Gasteiger partial charge in [-0.05, 0) is 37.3 Å². The smallest absolute Gasteiger partial charge is 0.251 e. The van der Waals surface area contributed by atoms with Crippen molar-refractivity contribution in [3.8, 4) is 11.5 Å². The maximum absolute atomic E-state index is 12.1. The summed E-state index contributed by atoms with van der Waals surface area (Å²) in [5.74, 6) is 1.83. The lowest BCUT2D eigenvalue weighted by Crippen LogP contribution is -2.28. The van der Waals surface area contributed by atoms with Gasteiger partial charge in [0.05, 0.1) is 20.8 Å². The van der Waals surface area contributed by atoms with Crippen LogP contribution in [-0.2, 0) is 0 Å². The molecule has 1 aromatic carbocycles. The molecular weight excluding hydrogens is 286 g/mol. The van der Waals surface area contributed by atoms with Gasteiger partial charge >= 0.3 is 0 Å². The van der Waals surface area contributed by atoms with Gasteiger partial charge in [-0.25, -0.2) is 0 Å². The Balaban J connectivity index is 2.00. The summed E-state index contributed by atoms with van der Waals surface area (Å²) in [5.41, 5.74) is 0.417. The molecule has 1 heterocycles. The molecule has 0 aliphatic rings. The Morgan fingerprint density at radius 1 is 1.23 bits per heavy atom. The Labute approximate surface area is 128 Å². The third-order valence-electron chi connectivity index (χ3n) is 3.19. The highest BCUT2D eigenvalue weighted by molar-refractivity contribution is 5.94. The van der Waals surface area contributed by atoms with Crippen LogP contribution in [0.1, 0.15) is 28.0 Å². The Hall–Kier alpha value is -2.47. The molecule has 6 heteroatoms. The van der Waals surface area contributed by atoms with Crippen molar-refractivity contribution in [2.24, 2.45) is 0 Å². The molecule has 0 saturated carbocycles. The summed E-state index contributed by atoms with van der Waals surface area (Å²) in [4.78, 5) is 12.1. The largest absolute Gasteiger partial charge is 0.493 e. The summed E-state index contributed by atoms with van der Waals surface area (Å²) in [6.45, 7) is 1.85. The van der Waals surface area contributed by atoms with Gasteiger partial charge in [0.25, 0.3) is 5.91 Å². The molecule has 0 aliphatic carbocycles. The molecule has 0 saturated heterocycles. The van der Waals surface area contributed by atoms with E-state index in [0.29, 0.717) is 28.6 Å². The molecule has 22 heavy (non-hydrogen) atoms. The second kappa shape index (κ2) is 7.00. The third-order valence-corrected chi connectivity index (χ3v) is 3.19. The summed E-state index contributed by atoms with van der Waals surface area (Å²) < 4.78 is 15.6. The number of hydrogen-bond donors (Lipinski definition) is 2. The van der Waals surface area contributed by atoms with Crippen LogP contribution in [0.25, 0.3) is 0 Å². The predicted octanol–water partition coefficient (Wildman–Crippen LogP) is 2.07. The molecule has 0 radical (unpaired) electrons. The van der Waals surface area contributed by atoms with Crippen LogP contribution in [-0.4, -0.2) is 31.8 Å². The molecule has 1 atom stereocenters. The fourth-order valence-electron chi connectivity index (χ4n) is 2.00. The van der Waals surface area contributed by atoms with Gasteiger partial charge in [-0.3, -0.25) is 4.79 Å². The first-order chi connectivity index (χ1) is 10.5. The fourth-order valence-corrected chi connectivity index (χ4v) is 2.00. The zero-order valence-electron chi connectivity index (χ0n) is 12.8. The van der Waals surface area contributed by atoms with Crippen LogP contribution < -0.4 is 14.8 Å². The van der Waals surface area contributed by atoms with Gasteiger partial charge in [-0.2, -0.15) is 0 Å². The number of methoxy groups -OCH3 is 2. The minimum absolute atomic E-state index is 0.0557. The molecular formula is C16H19NO5. The van der Waals surface area contributed by atoms with Crippen molar-refractivity contribution in [3.05, 3.63) is 47.4 Å². The number of hydrogen-bond acceptors (Lipinski definition) is 5. The summed E-state index contributed by atoms with van der Waals surface area (Å²) >= 11 is 0. The number of amides is 1. The molecule has 1 amide bonds. The predicted molar refractivity (Wildman–Crippen MR) is 80.3 cm³/mol. The van der Waals surface area contributed by atoms with E-state index in [1.165, 1.54) is 14.2 Å². The minimum atomic E-state index is -0.891. The van der Waals surface area contributed by atoms with E-state index in [9.17, 15) is 9.90 Å². The normalized spacial score (nSPS) is 11.8. The van der Waals surface area contributed by atoms with Crippen molar-refractivity contribution in [2.45, 2.75) is 13.0 Å². The molecule has 6 nitrogen and oxygen atoms in total. The Bertz CT molecular complexity index is 650. The summed E-state index contributed by atoms with van der Waals surface area (Å²) in [6.07, 6.45) is -0.891. The average molecular weight is 305 g/mol. The lowest BCUT2D eigenvalue weighted by Gasteiger charge is -2.12. The molecule has 0 spiro atoms. The van der Waals surface area contributed by atoms with E-state index in [4.69, 9.17) is 13.9 Å². The van der Waals surface area contributed by atoms with E-state index in [1.54, 1.807) is 37.3 Å². The fraction of sp³-hybridized carbons (Fsp3) is 0.312. The first-order valence-corrected chi connectivity index (χ1v) is 6.79. The van der Waals surface area contributed by atoms with Crippen LogP contribution in [0.5, 0.6) is 11.5 Å². The van der Waals surface area contributed by atoms with Crippen LogP contribution in [0.4, 0.5) is 0 Å². The van der Waals surface area contributed by atoms with Gasteiger partial charge in [-0.1, -0.05) is 0 Å². The number of benzene rings is 1. The zero-order valence-corrected chi connectivity index (χ0v) is 12.8. The van der Waals surface area contributed by atoms with Gasteiger partial charge in [0.2, 0.25) is 0 Å². The van der Waals surface area contributed by atoms with Crippen molar-refractivity contribution in [3.63, 3.8) is 0 Å². The molecule has 1 unspecified atom stereocenters. The quantitative estimate of drug-likeness (QED) is 0.854. The molecule has 2 N–H and O–H groups in total. The molecule has 1 aromatic heterocycles. The number of carbonyl (C=O) groups is 1. The number of nitrogens with one attached hydrogen (secondary N) is 1. The Kier molecular flexibility index (Phi) is 5.06. The van der Waals surface area contributed by atoms with Crippen LogP contribution >= 0.6 is 0 Å². The van der Waals surface area contributed by atoms with Crippen molar-refractivity contribution in [2.75, 3.05) is 20.8 Å². The van der Waals surface area contributed by atoms with Crippen LogP contribution in [0, 0.1) is 6.92 Å². The molecule has 0 fully saturated rings. The maximum Gasteiger partial charge on any atom is 0.251 e. The van der Waals surface area contributed by atoms with Crippen molar-refractivity contribution < 1.29 is 23.8 Å². The van der Waals surface area contributed by atoms with Gasteiger partial charge in [0.15, 0.2) is 11.5 Å². The van der Waals surface area contributed by atoms with E-state index in [0.717, 1.165) is 0 Å². The number of aliphatic hydroxyl groups is 1. The number of furan rings is 1.